The highest BCUT2D eigenvalue weighted by atomic mass is 35.5. The summed E-state index contributed by atoms with van der Waals surface area (Å²) in [5.74, 6) is -5.28. The molecule has 3 amide bonds. The highest BCUT2D eigenvalue weighted by Crippen LogP contribution is 2.39. The number of carbonyl (C=O) groups excluding carboxylic acids is 3. The fraction of sp³-hybridized carbons (Fsp3) is 0.400. The summed E-state index contributed by atoms with van der Waals surface area (Å²) in [5, 5.41) is 6.26. The Morgan fingerprint density at radius 3 is 2.56 bits per heavy atom. The molecule has 1 aliphatic carbocycles. The molecule has 2 aliphatic rings. The first-order valence-electron chi connectivity index (χ1n) is 11.9. The van der Waals surface area contributed by atoms with Crippen LogP contribution >= 0.6 is 11.6 Å². The largest absolute Gasteiger partial charge is 0.453 e. The van der Waals surface area contributed by atoms with Crippen LogP contribution in [0.3, 0.4) is 0 Å². The van der Waals surface area contributed by atoms with Gasteiger partial charge in [0.15, 0.2) is 0 Å². The molecule has 3 atom stereocenters. The molecule has 1 aliphatic heterocycles. The van der Waals surface area contributed by atoms with Crippen LogP contribution in [0, 0.1) is 5.82 Å². The number of methoxy groups -OCH3 is 1. The van der Waals surface area contributed by atoms with Crippen molar-refractivity contribution in [3.8, 4) is 0 Å². The second-order valence-corrected chi connectivity index (χ2v) is 9.72. The van der Waals surface area contributed by atoms with Crippen molar-refractivity contribution < 1.29 is 32.3 Å². The number of hydrogen-bond acceptors (Lipinski definition) is 5. The number of halogens is 4. The highest BCUT2D eigenvalue weighted by Gasteiger charge is 2.49. The molecule has 1 saturated heterocycles. The molecule has 2 fully saturated rings. The molecule has 0 aromatic heterocycles. The summed E-state index contributed by atoms with van der Waals surface area (Å²) in [5.41, 5.74) is 9.01. The number of carbonyl (C=O) groups is 3. The topological polar surface area (TPSA) is 128 Å². The Kier molecular flexibility index (Phi) is 8.22. The number of nitrogens with zero attached hydrogens (tertiary/aromatic N) is 5. The van der Waals surface area contributed by atoms with Crippen LogP contribution in [0.25, 0.3) is 10.4 Å². The van der Waals surface area contributed by atoms with Crippen LogP contribution in [0.1, 0.15) is 30.9 Å². The summed E-state index contributed by atoms with van der Waals surface area (Å²) in [6.07, 6.45) is -2.13. The summed E-state index contributed by atoms with van der Waals surface area (Å²) in [7, 11) is 1.11. The average molecular weight is 565 g/mol. The molecular weight excluding hydrogens is 541 g/mol. The third kappa shape index (κ3) is 6.04. The Hall–Kier alpha value is -3.96. The lowest BCUT2D eigenvalue weighted by atomic mass is 9.87. The van der Waals surface area contributed by atoms with E-state index < -0.39 is 66.7 Å². The smallest absolute Gasteiger partial charge is 0.410 e. The molecule has 1 saturated carbocycles. The summed E-state index contributed by atoms with van der Waals surface area (Å²) in [4.78, 5) is 45.2. The van der Waals surface area contributed by atoms with E-state index in [9.17, 15) is 27.6 Å². The van der Waals surface area contributed by atoms with Gasteiger partial charge in [-0.25, -0.2) is 18.0 Å². The molecule has 0 spiro atoms. The lowest BCUT2D eigenvalue weighted by Gasteiger charge is -2.39. The number of nitrogens with one attached hydrogen (secondary N) is 1. The molecule has 14 heteroatoms. The number of anilines is 1. The maximum Gasteiger partial charge on any atom is 0.410 e. The Labute approximate surface area is 226 Å². The Morgan fingerprint density at radius 2 is 1.95 bits per heavy atom. The van der Waals surface area contributed by atoms with Crippen LogP contribution in [0.4, 0.5) is 23.7 Å². The van der Waals surface area contributed by atoms with Crippen molar-refractivity contribution in [2.75, 3.05) is 18.6 Å². The van der Waals surface area contributed by atoms with Gasteiger partial charge in [0.25, 0.3) is 11.8 Å². The van der Waals surface area contributed by atoms with Crippen LogP contribution < -0.4 is 10.2 Å². The summed E-state index contributed by atoms with van der Waals surface area (Å²) >= 11 is 6.43. The lowest BCUT2D eigenvalue weighted by Crippen LogP contribution is -2.56. The molecule has 2 aromatic carbocycles. The van der Waals surface area contributed by atoms with Gasteiger partial charge in [0.2, 0.25) is 5.91 Å². The molecule has 1 heterocycles. The fourth-order valence-corrected chi connectivity index (χ4v) is 5.09. The Balaban J connectivity index is 1.82. The van der Waals surface area contributed by atoms with Gasteiger partial charge in [0.1, 0.15) is 17.9 Å². The number of likely N-dealkylation sites (tertiary alicyclic amines) is 1. The van der Waals surface area contributed by atoms with E-state index in [1.165, 1.54) is 24.3 Å². The van der Waals surface area contributed by atoms with Crippen LogP contribution in [0.2, 0.25) is 5.02 Å². The van der Waals surface area contributed by atoms with Gasteiger partial charge in [-0.2, -0.15) is 0 Å². The minimum Gasteiger partial charge on any atom is -0.453 e. The highest BCUT2D eigenvalue weighted by molar-refractivity contribution is 6.31. The maximum absolute atomic E-state index is 14.4. The van der Waals surface area contributed by atoms with Gasteiger partial charge in [-0.1, -0.05) is 41.0 Å². The zero-order valence-electron chi connectivity index (χ0n) is 20.6. The first-order valence-corrected chi connectivity index (χ1v) is 12.3. The zero-order valence-corrected chi connectivity index (χ0v) is 21.4. The second kappa shape index (κ2) is 11.4. The van der Waals surface area contributed by atoms with Crippen molar-refractivity contribution in [2.24, 2.45) is 5.11 Å². The van der Waals surface area contributed by atoms with Gasteiger partial charge in [-0.05, 0) is 36.2 Å². The monoisotopic (exact) mass is 564 g/mol. The molecule has 4 rings (SSSR count). The molecule has 0 radical (unpaired) electrons. The predicted molar refractivity (Wildman–Crippen MR) is 135 cm³/mol. The summed E-state index contributed by atoms with van der Waals surface area (Å²) in [6.45, 7) is -0.135. The minimum atomic E-state index is -2.92. The van der Waals surface area contributed by atoms with Gasteiger partial charge >= 0.3 is 6.09 Å². The van der Waals surface area contributed by atoms with E-state index in [4.69, 9.17) is 21.9 Å². The van der Waals surface area contributed by atoms with Crippen LogP contribution in [-0.2, 0) is 14.3 Å². The quantitative estimate of drug-likeness (QED) is 0.289. The molecule has 0 bridgehead atoms. The maximum atomic E-state index is 14.4. The number of rotatable bonds is 7. The molecule has 10 nitrogen and oxygen atoms in total. The molecule has 1 N–H and O–H groups in total. The summed E-state index contributed by atoms with van der Waals surface area (Å²) in [6, 6.07) is 6.60. The third-order valence-corrected chi connectivity index (χ3v) is 7.00. The van der Waals surface area contributed by atoms with E-state index in [0.717, 1.165) is 29.0 Å². The number of ether oxygens (including phenoxy) is 1. The van der Waals surface area contributed by atoms with Gasteiger partial charge in [-0.3, -0.25) is 19.4 Å². The van der Waals surface area contributed by atoms with E-state index in [-0.39, 0.29) is 29.2 Å². The lowest BCUT2D eigenvalue weighted by molar-refractivity contribution is -0.133. The van der Waals surface area contributed by atoms with Crippen LogP contribution in [-0.4, -0.2) is 60.5 Å². The average Bonchev–Trinajstić information content (AvgIpc) is 3.30. The van der Waals surface area contributed by atoms with Crippen molar-refractivity contribution in [1.29, 1.82) is 0 Å². The fourth-order valence-electron chi connectivity index (χ4n) is 4.85. The van der Waals surface area contributed by atoms with Gasteiger partial charge in [0.05, 0.1) is 13.2 Å². The standard InChI is InChI=1S/C25H24ClF3N6O4/c1-39-24(38)34-13-15(32-33-30)10-20(34)23(37)35(17-6-4-5-14(27)9-17)21(18-7-2-3-8-19(18)26)22(36)31-16-11-25(28,29)12-16/h2-9,15-16,20-21H,10-13H2,1H3,(H,31,36)/t15?,20?,21-/m0/s1. The third-order valence-electron chi connectivity index (χ3n) is 6.65. The number of benzene rings is 2. The molecule has 2 aromatic rings. The SMILES string of the molecule is COC(=O)N1CC(N=[N+]=[N-])CC1C(=O)N(c1cccc(F)c1)[C@H](C(=O)NC1CC(F)(F)C1)c1ccccc1Cl. The minimum absolute atomic E-state index is 0.0453. The Bertz CT molecular complexity index is 1320. The number of azide groups is 1. The van der Waals surface area contributed by atoms with Gasteiger partial charge < -0.3 is 10.1 Å². The Morgan fingerprint density at radius 1 is 1.23 bits per heavy atom. The number of hydrogen-bond donors (Lipinski definition) is 1. The predicted octanol–water partition coefficient (Wildman–Crippen LogP) is 4.99. The van der Waals surface area contributed by atoms with Crippen molar-refractivity contribution in [3.63, 3.8) is 0 Å². The van der Waals surface area contributed by atoms with Crippen molar-refractivity contribution in [3.05, 3.63) is 75.4 Å². The summed E-state index contributed by atoms with van der Waals surface area (Å²) < 4.78 is 46.2. The molecule has 206 valence electrons. The van der Waals surface area contributed by atoms with E-state index in [1.807, 2.05) is 0 Å². The van der Waals surface area contributed by atoms with Gasteiger partial charge in [0, 0.05) is 46.6 Å². The van der Waals surface area contributed by atoms with Crippen molar-refractivity contribution in [2.45, 2.75) is 49.4 Å². The van der Waals surface area contributed by atoms with E-state index in [1.54, 1.807) is 12.1 Å². The molecule has 39 heavy (non-hydrogen) atoms. The van der Waals surface area contributed by atoms with Gasteiger partial charge in [-0.15, -0.1) is 0 Å². The van der Waals surface area contributed by atoms with E-state index in [0.29, 0.717) is 0 Å². The first kappa shape index (κ1) is 28.1. The van der Waals surface area contributed by atoms with E-state index >= 15 is 0 Å². The van der Waals surface area contributed by atoms with E-state index in [2.05, 4.69) is 15.3 Å². The van der Waals surface area contributed by atoms with Crippen LogP contribution in [0.15, 0.2) is 53.6 Å². The molecular formula is C25H24ClF3N6O4. The number of alkyl halides is 2. The molecule has 2 unspecified atom stereocenters. The second-order valence-electron chi connectivity index (χ2n) is 9.31. The zero-order chi connectivity index (χ0) is 28.3. The van der Waals surface area contributed by atoms with Crippen molar-refractivity contribution in [1.82, 2.24) is 10.2 Å². The van der Waals surface area contributed by atoms with Crippen molar-refractivity contribution >= 4 is 35.2 Å². The number of amides is 3. The normalized spacial score (nSPS) is 20.8. The first-order chi connectivity index (χ1) is 18.5. The van der Waals surface area contributed by atoms with Crippen LogP contribution in [0.5, 0.6) is 0 Å².